The smallest absolute Gasteiger partial charge is 0.407 e. The molecule has 3 N–H and O–H groups in total. The van der Waals surface area contributed by atoms with Crippen molar-refractivity contribution in [2.24, 2.45) is 5.92 Å². The van der Waals surface area contributed by atoms with Crippen LogP contribution in [0.1, 0.15) is 49.1 Å². The molecule has 0 heterocycles. The maximum absolute atomic E-state index is 12.6. The topological polar surface area (TPSA) is 105 Å². The fourth-order valence-electron chi connectivity index (χ4n) is 4.62. The van der Waals surface area contributed by atoms with E-state index in [1.54, 1.807) is 6.08 Å². The summed E-state index contributed by atoms with van der Waals surface area (Å²) < 4.78 is 5.62. The van der Waals surface area contributed by atoms with E-state index in [9.17, 15) is 19.5 Å². The van der Waals surface area contributed by atoms with Crippen LogP contribution < -0.4 is 10.6 Å². The Morgan fingerprint density at radius 3 is 2.21 bits per heavy atom. The van der Waals surface area contributed by atoms with Gasteiger partial charge >= 0.3 is 12.1 Å². The number of hydrogen-bond acceptors (Lipinski definition) is 4. The van der Waals surface area contributed by atoms with Crippen molar-refractivity contribution < 1.29 is 24.2 Å². The number of nitrogens with one attached hydrogen (secondary N) is 2. The normalized spacial score (nSPS) is 16.0. The molecule has 2 aliphatic rings. The lowest BCUT2D eigenvalue weighted by atomic mass is 9.98. The summed E-state index contributed by atoms with van der Waals surface area (Å²) >= 11 is 0. The lowest BCUT2D eigenvalue weighted by molar-refractivity contribution is -0.142. The number of rotatable bonds is 11. The summed E-state index contributed by atoms with van der Waals surface area (Å²) in [5.41, 5.74) is 4.58. The van der Waals surface area contributed by atoms with Crippen LogP contribution in [0.2, 0.25) is 0 Å². The molecule has 7 nitrogen and oxygen atoms in total. The molecule has 0 aliphatic heterocycles. The number of carboxylic acid groups (broad SMARTS) is 1. The molecule has 1 saturated carbocycles. The van der Waals surface area contributed by atoms with E-state index in [-0.39, 0.29) is 37.3 Å². The molecule has 1 fully saturated rings. The first-order valence-corrected chi connectivity index (χ1v) is 11.7. The number of alkyl carbamates (subject to hydrolysis) is 1. The number of hydrogen-bond donors (Lipinski definition) is 3. The lowest BCUT2D eigenvalue weighted by Gasteiger charge is -2.21. The average molecular weight is 463 g/mol. The summed E-state index contributed by atoms with van der Waals surface area (Å²) in [5.74, 6) is -1.32. The molecular formula is C27H30N2O5. The molecule has 2 amide bonds. The van der Waals surface area contributed by atoms with E-state index in [0.717, 1.165) is 35.1 Å². The number of benzene rings is 2. The van der Waals surface area contributed by atoms with E-state index in [1.807, 2.05) is 24.3 Å². The van der Waals surface area contributed by atoms with Crippen molar-refractivity contribution in [2.45, 2.75) is 50.1 Å². The summed E-state index contributed by atoms with van der Waals surface area (Å²) in [6.45, 7) is 3.79. The van der Waals surface area contributed by atoms with Gasteiger partial charge in [-0.3, -0.25) is 4.79 Å². The summed E-state index contributed by atoms with van der Waals surface area (Å²) in [6.07, 6.45) is 3.68. The van der Waals surface area contributed by atoms with Crippen LogP contribution in [-0.4, -0.2) is 41.8 Å². The average Bonchev–Trinajstić information content (AvgIpc) is 3.63. The first-order chi connectivity index (χ1) is 16.5. The quantitative estimate of drug-likeness (QED) is 0.434. The molecule has 34 heavy (non-hydrogen) atoms. The van der Waals surface area contributed by atoms with E-state index in [1.165, 1.54) is 0 Å². The number of allylic oxidation sites excluding steroid dienone is 1. The minimum absolute atomic E-state index is 0.0206. The third-order valence-corrected chi connectivity index (χ3v) is 6.54. The predicted octanol–water partition coefficient (Wildman–Crippen LogP) is 4.23. The van der Waals surface area contributed by atoms with Crippen molar-refractivity contribution in [3.63, 3.8) is 0 Å². The highest BCUT2D eigenvalue weighted by Crippen LogP contribution is 2.44. The van der Waals surface area contributed by atoms with Gasteiger partial charge in [-0.1, -0.05) is 54.6 Å². The second kappa shape index (κ2) is 10.5. The minimum Gasteiger partial charge on any atom is -0.480 e. The van der Waals surface area contributed by atoms with Crippen LogP contribution in [0.15, 0.2) is 61.2 Å². The SMILES string of the molecule is C=CCCC(NC(=O)CC(NC(=O)OCC1c2ccccc2-c2ccccc21)C1CC1)C(=O)O. The summed E-state index contributed by atoms with van der Waals surface area (Å²) in [4.78, 5) is 36.5. The van der Waals surface area contributed by atoms with Gasteiger partial charge in [0.15, 0.2) is 0 Å². The highest BCUT2D eigenvalue weighted by Gasteiger charge is 2.35. The number of ether oxygens (including phenoxy) is 1. The Bertz CT molecular complexity index is 1030. The van der Waals surface area contributed by atoms with Gasteiger partial charge in [0.25, 0.3) is 0 Å². The van der Waals surface area contributed by atoms with Gasteiger partial charge in [-0.2, -0.15) is 0 Å². The second-order valence-electron chi connectivity index (χ2n) is 8.94. The van der Waals surface area contributed by atoms with Gasteiger partial charge in [-0.05, 0) is 53.9 Å². The van der Waals surface area contributed by atoms with Gasteiger partial charge in [0.2, 0.25) is 5.91 Å². The van der Waals surface area contributed by atoms with Crippen molar-refractivity contribution >= 4 is 18.0 Å². The van der Waals surface area contributed by atoms with Crippen LogP contribution in [0.3, 0.4) is 0 Å². The Balaban J connectivity index is 1.34. The van der Waals surface area contributed by atoms with E-state index in [2.05, 4.69) is 41.5 Å². The summed E-state index contributed by atoms with van der Waals surface area (Å²) in [7, 11) is 0. The third-order valence-electron chi connectivity index (χ3n) is 6.54. The van der Waals surface area contributed by atoms with Crippen molar-refractivity contribution in [3.05, 3.63) is 72.3 Å². The highest BCUT2D eigenvalue weighted by molar-refractivity contribution is 5.84. The molecule has 0 saturated heterocycles. The van der Waals surface area contributed by atoms with Crippen LogP contribution in [0, 0.1) is 5.92 Å². The largest absolute Gasteiger partial charge is 0.480 e. The minimum atomic E-state index is -1.08. The highest BCUT2D eigenvalue weighted by atomic mass is 16.5. The summed E-state index contributed by atoms with van der Waals surface area (Å²) in [5, 5.41) is 14.7. The molecule has 2 aromatic rings. The molecule has 0 bridgehead atoms. The number of aliphatic carboxylic acids is 1. The number of carbonyl (C=O) groups excluding carboxylic acids is 2. The molecule has 178 valence electrons. The number of carboxylic acids is 1. The molecule has 2 atom stereocenters. The maximum Gasteiger partial charge on any atom is 0.407 e. The van der Waals surface area contributed by atoms with Crippen LogP contribution in [0.25, 0.3) is 11.1 Å². The van der Waals surface area contributed by atoms with Crippen molar-refractivity contribution in [3.8, 4) is 11.1 Å². The van der Waals surface area contributed by atoms with Crippen LogP contribution in [0.5, 0.6) is 0 Å². The molecule has 0 radical (unpaired) electrons. The maximum atomic E-state index is 12.6. The van der Waals surface area contributed by atoms with E-state index < -0.39 is 24.0 Å². The number of fused-ring (bicyclic) bond motifs is 3. The number of amides is 2. The Morgan fingerprint density at radius 1 is 1.03 bits per heavy atom. The second-order valence-corrected chi connectivity index (χ2v) is 8.94. The fourth-order valence-corrected chi connectivity index (χ4v) is 4.62. The van der Waals surface area contributed by atoms with Gasteiger partial charge in [0.05, 0.1) is 0 Å². The molecule has 2 unspecified atom stereocenters. The van der Waals surface area contributed by atoms with Crippen LogP contribution >= 0.6 is 0 Å². The molecule has 0 spiro atoms. The fraction of sp³-hybridized carbons (Fsp3) is 0.370. The van der Waals surface area contributed by atoms with Gasteiger partial charge < -0.3 is 20.5 Å². The first kappa shape index (κ1) is 23.5. The predicted molar refractivity (Wildman–Crippen MR) is 128 cm³/mol. The first-order valence-electron chi connectivity index (χ1n) is 11.7. The Kier molecular flexibility index (Phi) is 7.30. The molecular weight excluding hydrogens is 432 g/mol. The van der Waals surface area contributed by atoms with Gasteiger partial charge in [-0.25, -0.2) is 9.59 Å². The molecule has 2 aromatic carbocycles. The lowest BCUT2D eigenvalue weighted by Crippen LogP contribution is -2.45. The van der Waals surface area contributed by atoms with E-state index >= 15 is 0 Å². The zero-order chi connectivity index (χ0) is 24.1. The third kappa shape index (κ3) is 5.47. The summed E-state index contributed by atoms with van der Waals surface area (Å²) in [6, 6.07) is 14.9. The van der Waals surface area contributed by atoms with Crippen LogP contribution in [-0.2, 0) is 14.3 Å². The van der Waals surface area contributed by atoms with Crippen molar-refractivity contribution in [1.29, 1.82) is 0 Å². The van der Waals surface area contributed by atoms with Gasteiger partial charge in [0.1, 0.15) is 12.6 Å². The Labute approximate surface area is 199 Å². The van der Waals surface area contributed by atoms with Crippen molar-refractivity contribution in [1.82, 2.24) is 10.6 Å². The van der Waals surface area contributed by atoms with E-state index in [4.69, 9.17) is 4.74 Å². The standard InChI is InChI=1S/C27H30N2O5/c1-2-3-12-23(26(31)32)28-25(30)15-24(17-13-14-17)29-27(33)34-16-22-20-10-6-4-8-18(20)19-9-5-7-11-21(19)22/h2,4-11,17,22-24H,1,3,12-16H2,(H,28,30)(H,29,33)(H,31,32). The Hall–Kier alpha value is -3.61. The Morgan fingerprint density at radius 2 is 1.65 bits per heavy atom. The number of carbonyl (C=O) groups is 3. The molecule has 0 aromatic heterocycles. The van der Waals surface area contributed by atoms with Crippen molar-refractivity contribution in [2.75, 3.05) is 6.61 Å². The molecule has 4 rings (SSSR count). The zero-order valence-electron chi connectivity index (χ0n) is 19.0. The van der Waals surface area contributed by atoms with E-state index in [0.29, 0.717) is 6.42 Å². The van der Waals surface area contributed by atoms with Gasteiger partial charge in [-0.15, -0.1) is 6.58 Å². The van der Waals surface area contributed by atoms with Crippen LogP contribution in [0.4, 0.5) is 4.79 Å². The molecule has 7 heteroatoms. The zero-order valence-corrected chi connectivity index (χ0v) is 19.0. The monoisotopic (exact) mass is 462 g/mol. The van der Waals surface area contributed by atoms with Gasteiger partial charge in [0, 0.05) is 18.4 Å². The molecule has 2 aliphatic carbocycles.